The van der Waals surface area contributed by atoms with E-state index in [1.165, 1.54) is 51.4 Å². The number of benzene rings is 1. The van der Waals surface area contributed by atoms with Crippen molar-refractivity contribution < 1.29 is 9.59 Å². The normalized spacial score (nSPS) is 10.6. The van der Waals surface area contributed by atoms with Gasteiger partial charge in [0.15, 0.2) is 0 Å². The quantitative estimate of drug-likeness (QED) is 0.298. The number of amides is 2. The maximum atomic E-state index is 12.2. The van der Waals surface area contributed by atoms with Gasteiger partial charge in [0.25, 0.3) is 0 Å². The Kier molecular flexibility index (Phi) is 14.0. The van der Waals surface area contributed by atoms with Gasteiger partial charge in [0.2, 0.25) is 11.8 Å². The molecule has 0 unspecified atom stereocenters. The van der Waals surface area contributed by atoms with E-state index in [0.29, 0.717) is 24.2 Å². The molecule has 0 atom stereocenters. The van der Waals surface area contributed by atoms with Gasteiger partial charge in [0.1, 0.15) is 0 Å². The van der Waals surface area contributed by atoms with Crippen LogP contribution in [0, 0.1) is 0 Å². The summed E-state index contributed by atoms with van der Waals surface area (Å²) in [6.07, 6.45) is 15.0. The second kappa shape index (κ2) is 16.1. The van der Waals surface area contributed by atoms with Crippen LogP contribution < -0.4 is 10.6 Å². The van der Waals surface area contributed by atoms with Crippen molar-refractivity contribution in [3.8, 4) is 0 Å². The number of nitrogens with one attached hydrogen (secondary N) is 2. The molecule has 1 rings (SSSR count). The number of hydrogen-bond donors (Lipinski definition) is 2. The van der Waals surface area contributed by atoms with Gasteiger partial charge in [-0.05, 0) is 25.0 Å². The van der Waals surface area contributed by atoms with Crippen LogP contribution in [0.2, 0.25) is 0 Å². The molecule has 28 heavy (non-hydrogen) atoms. The van der Waals surface area contributed by atoms with E-state index >= 15 is 0 Å². The predicted molar refractivity (Wildman–Crippen MR) is 120 cm³/mol. The molecular formula is C24H40N2O2. The molecule has 0 spiro atoms. The molecular weight excluding hydrogens is 348 g/mol. The van der Waals surface area contributed by atoms with Crippen LogP contribution >= 0.6 is 0 Å². The highest BCUT2D eigenvalue weighted by atomic mass is 16.2. The van der Waals surface area contributed by atoms with E-state index in [1.54, 1.807) is 0 Å². The van der Waals surface area contributed by atoms with Crippen LogP contribution in [-0.4, -0.2) is 11.8 Å². The van der Waals surface area contributed by atoms with Gasteiger partial charge in [0, 0.05) is 12.8 Å². The Hall–Kier alpha value is -1.84. The Morgan fingerprint density at radius 1 is 0.607 bits per heavy atom. The predicted octanol–water partition coefficient (Wildman–Crippen LogP) is 7.06. The first-order chi connectivity index (χ1) is 13.7. The average Bonchev–Trinajstić information content (AvgIpc) is 2.69. The number of anilines is 2. The van der Waals surface area contributed by atoms with Crippen LogP contribution in [0.4, 0.5) is 11.4 Å². The number of hydrogen-bond acceptors (Lipinski definition) is 2. The fourth-order valence-electron chi connectivity index (χ4n) is 3.26. The third-order valence-electron chi connectivity index (χ3n) is 4.99. The van der Waals surface area contributed by atoms with Gasteiger partial charge in [-0.2, -0.15) is 0 Å². The molecule has 0 aliphatic heterocycles. The minimum atomic E-state index is 0.0214. The zero-order chi connectivity index (χ0) is 20.5. The van der Waals surface area contributed by atoms with Gasteiger partial charge in [-0.1, -0.05) is 90.2 Å². The Bertz CT molecular complexity index is 508. The molecule has 4 heteroatoms. The standard InChI is InChI=1S/C24H40N2O2/c1-3-5-7-9-11-13-19-23(27)25-21-17-15-16-18-22(21)26-24(28)20-14-12-10-8-6-4-2/h15-18H,3-14,19-20H2,1-2H3,(H,25,27)(H,26,28). The highest BCUT2D eigenvalue weighted by Gasteiger charge is 2.09. The lowest BCUT2D eigenvalue weighted by molar-refractivity contribution is -0.117. The Morgan fingerprint density at radius 2 is 0.964 bits per heavy atom. The molecule has 0 radical (unpaired) electrons. The number of rotatable bonds is 16. The summed E-state index contributed by atoms with van der Waals surface area (Å²) in [5.74, 6) is 0.0428. The Balaban J connectivity index is 2.32. The van der Waals surface area contributed by atoms with Crippen molar-refractivity contribution in [1.82, 2.24) is 0 Å². The molecule has 2 N–H and O–H groups in total. The first-order valence-electron chi connectivity index (χ1n) is 11.4. The molecule has 1 aromatic carbocycles. The van der Waals surface area contributed by atoms with Gasteiger partial charge in [-0.15, -0.1) is 0 Å². The molecule has 0 heterocycles. The van der Waals surface area contributed by atoms with E-state index in [0.717, 1.165) is 25.7 Å². The van der Waals surface area contributed by atoms with E-state index < -0.39 is 0 Å². The van der Waals surface area contributed by atoms with Crippen molar-refractivity contribution in [3.63, 3.8) is 0 Å². The highest BCUT2D eigenvalue weighted by molar-refractivity contribution is 5.99. The average molecular weight is 389 g/mol. The van der Waals surface area contributed by atoms with Gasteiger partial charge in [-0.3, -0.25) is 9.59 Å². The lowest BCUT2D eigenvalue weighted by atomic mass is 10.1. The van der Waals surface area contributed by atoms with E-state index in [4.69, 9.17) is 0 Å². The van der Waals surface area contributed by atoms with Gasteiger partial charge >= 0.3 is 0 Å². The van der Waals surface area contributed by atoms with E-state index in [-0.39, 0.29) is 11.8 Å². The highest BCUT2D eigenvalue weighted by Crippen LogP contribution is 2.22. The number of para-hydroxylation sites is 2. The summed E-state index contributed by atoms with van der Waals surface area (Å²) in [7, 11) is 0. The molecule has 0 saturated carbocycles. The molecule has 0 bridgehead atoms. The zero-order valence-corrected chi connectivity index (χ0v) is 18.0. The van der Waals surface area contributed by atoms with Crippen LogP contribution in [0.5, 0.6) is 0 Å². The molecule has 1 aromatic rings. The summed E-state index contributed by atoms with van der Waals surface area (Å²) in [4.78, 5) is 24.4. The van der Waals surface area contributed by atoms with E-state index in [1.807, 2.05) is 24.3 Å². The van der Waals surface area contributed by atoms with Gasteiger partial charge in [0.05, 0.1) is 11.4 Å². The van der Waals surface area contributed by atoms with Crippen LogP contribution in [0.1, 0.15) is 104 Å². The minimum Gasteiger partial charge on any atom is -0.324 e. The SMILES string of the molecule is CCCCCCCCC(=O)Nc1ccccc1NC(=O)CCCCCCCC. The van der Waals surface area contributed by atoms with Crippen molar-refractivity contribution in [2.24, 2.45) is 0 Å². The minimum absolute atomic E-state index is 0.0214. The summed E-state index contributed by atoms with van der Waals surface area (Å²) in [6.45, 7) is 4.41. The summed E-state index contributed by atoms with van der Waals surface area (Å²) in [5, 5.41) is 5.91. The Labute approximate surface area is 171 Å². The van der Waals surface area contributed by atoms with Crippen LogP contribution in [0.3, 0.4) is 0 Å². The van der Waals surface area contributed by atoms with Crippen molar-refractivity contribution in [1.29, 1.82) is 0 Å². The zero-order valence-electron chi connectivity index (χ0n) is 18.0. The van der Waals surface area contributed by atoms with Crippen molar-refractivity contribution >= 4 is 23.2 Å². The van der Waals surface area contributed by atoms with Gasteiger partial charge < -0.3 is 10.6 Å². The molecule has 0 aliphatic carbocycles. The summed E-state index contributed by atoms with van der Waals surface area (Å²) in [5.41, 5.74) is 1.38. The largest absolute Gasteiger partial charge is 0.324 e. The molecule has 0 aromatic heterocycles. The van der Waals surface area contributed by atoms with E-state index in [2.05, 4.69) is 24.5 Å². The Morgan fingerprint density at radius 3 is 1.36 bits per heavy atom. The van der Waals surface area contributed by atoms with Crippen molar-refractivity contribution in [2.45, 2.75) is 104 Å². The summed E-state index contributed by atoms with van der Waals surface area (Å²) >= 11 is 0. The maximum Gasteiger partial charge on any atom is 0.224 e. The molecule has 0 aliphatic rings. The number of unbranched alkanes of at least 4 members (excludes halogenated alkanes) is 10. The summed E-state index contributed by atoms with van der Waals surface area (Å²) in [6, 6.07) is 7.45. The monoisotopic (exact) mass is 388 g/mol. The third-order valence-corrected chi connectivity index (χ3v) is 4.99. The second-order valence-corrected chi connectivity index (χ2v) is 7.68. The number of carbonyl (C=O) groups is 2. The van der Waals surface area contributed by atoms with Crippen LogP contribution in [0.25, 0.3) is 0 Å². The van der Waals surface area contributed by atoms with Crippen LogP contribution in [0.15, 0.2) is 24.3 Å². The first-order valence-corrected chi connectivity index (χ1v) is 11.4. The third kappa shape index (κ3) is 11.8. The van der Waals surface area contributed by atoms with Crippen LogP contribution in [-0.2, 0) is 9.59 Å². The van der Waals surface area contributed by atoms with E-state index in [9.17, 15) is 9.59 Å². The van der Waals surface area contributed by atoms with Crippen molar-refractivity contribution in [2.75, 3.05) is 10.6 Å². The van der Waals surface area contributed by atoms with Crippen molar-refractivity contribution in [3.05, 3.63) is 24.3 Å². The molecule has 4 nitrogen and oxygen atoms in total. The second-order valence-electron chi connectivity index (χ2n) is 7.68. The lowest BCUT2D eigenvalue weighted by Crippen LogP contribution is -2.16. The topological polar surface area (TPSA) is 58.2 Å². The smallest absolute Gasteiger partial charge is 0.224 e. The maximum absolute atomic E-state index is 12.2. The molecule has 0 saturated heterocycles. The number of carbonyl (C=O) groups excluding carboxylic acids is 2. The fourth-order valence-corrected chi connectivity index (χ4v) is 3.26. The fraction of sp³-hybridized carbons (Fsp3) is 0.667. The van der Waals surface area contributed by atoms with Gasteiger partial charge in [-0.25, -0.2) is 0 Å². The first kappa shape index (κ1) is 24.2. The molecule has 0 fully saturated rings. The molecule has 158 valence electrons. The summed E-state index contributed by atoms with van der Waals surface area (Å²) < 4.78 is 0. The molecule has 2 amide bonds. The lowest BCUT2D eigenvalue weighted by Gasteiger charge is -2.12.